The molecule has 106 valence electrons. The van der Waals surface area contributed by atoms with Crippen molar-refractivity contribution in [3.05, 3.63) is 60.4 Å². The lowest BCUT2D eigenvalue weighted by Gasteiger charge is -2.06. The minimum absolute atomic E-state index is 0.204. The predicted octanol–water partition coefficient (Wildman–Crippen LogP) is 3.23. The maximum absolute atomic E-state index is 12.1. The molecule has 1 aromatic heterocycles. The van der Waals surface area contributed by atoms with Crippen LogP contribution in [0, 0.1) is 0 Å². The molecular weight excluding hydrogens is 268 g/mol. The lowest BCUT2D eigenvalue weighted by molar-refractivity contribution is 0.142. The zero-order chi connectivity index (χ0) is 14.7. The van der Waals surface area contributed by atoms with Gasteiger partial charge in [-0.05, 0) is 29.8 Å². The Morgan fingerprint density at radius 2 is 1.90 bits per heavy atom. The van der Waals surface area contributed by atoms with E-state index in [-0.39, 0.29) is 6.61 Å². The van der Waals surface area contributed by atoms with Crippen LogP contribution in [-0.2, 0) is 11.3 Å². The molecule has 0 N–H and O–H groups in total. The summed E-state index contributed by atoms with van der Waals surface area (Å²) >= 11 is 0. The van der Waals surface area contributed by atoms with Gasteiger partial charge in [0.05, 0.1) is 18.1 Å². The molecule has 0 saturated heterocycles. The molecule has 0 aliphatic heterocycles. The Bertz CT molecular complexity index is 763. The van der Waals surface area contributed by atoms with Crippen LogP contribution < -0.4 is 4.74 Å². The fourth-order valence-electron chi connectivity index (χ4n) is 2.04. The van der Waals surface area contributed by atoms with Gasteiger partial charge in [0.15, 0.2) is 0 Å². The minimum atomic E-state index is -0.445. The number of aromatic nitrogens is 2. The number of ether oxygens (including phenoxy) is 2. The summed E-state index contributed by atoms with van der Waals surface area (Å²) in [5.74, 6) is 0.769. The Morgan fingerprint density at radius 1 is 1.14 bits per heavy atom. The van der Waals surface area contributed by atoms with E-state index in [1.165, 1.54) is 10.9 Å². The van der Waals surface area contributed by atoms with Crippen LogP contribution in [0.5, 0.6) is 5.75 Å². The normalized spacial score (nSPS) is 10.5. The molecule has 0 saturated carbocycles. The molecule has 0 fully saturated rings. The Balaban J connectivity index is 1.71. The molecule has 0 unspecified atom stereocenters. The molecule has 3 aromatic rings. The van der Waals surface area contributed by atoms with Gasteiger partial charge in [-0.15, -0.1) is 0 Å². The summed E-state index contributed by atoms with van der Waals surface area (Å²) in [6.45, 7) is 0.204. The molecule has 0 radical (unpaired) electrons. The minimum Gasteiger partial charge on any atom is -0.497 e. The van der Waals surface area contributed by atoms with E-state index in [0.717, 1.165) is 22.3 Å². The van der Waals surface area contributed by atoms with E-state index in [0.29, 0.717) is 0 Å². The van der Waals surface area contributed by atoms with Crippen molar-refractivity contribution >= 4 is 17.1 Å². The van der Waals surface area contributed by atoms with Crippen LogP contribution in [-0.4, -0.2) is 22.8 Å². The molecule has 3 rings (SSSR count). The number of nitrogens with zero attached hydrogens (tertiary/aromatic N) is 2. The molecular formula is C16H14N2O3. The van der Waals surface area contributed by atoms with Gasteiger partial charge in [0.2, 0.25) is 0 Å². The third kappa shape index (κ3) is 2.72. The number of benzene rings is 2. The molecule has 0 atom stereocenters. The summed E-state index contributed by atoms with van der Waals surface area (Å²) in [6, 6.07) is 14.8. The maximum Gasteiger partial charge on any atom is 0.420 e. The second-order valence-electron chi connectivity index (χ2n) is 4.51. The molecule has 0 spiro atoms. The smallest absolute Gasteiger partial charge is 0.420 e. The summed E-state index contributed by atoms with van der Waals surface area (Å²) in [5.41, 5.74) is 2.39. The number of carbonyl (C=O) groups is 1. The zero-order valence-corrected chi connectivity index (χ0v) is 11.5. The van der Waals surface area contributed by atoms with Gasteiger partial charge >= 0.3 is 6.09 Å². The van der Waals surface area contributed by atoms with Crippen LogP contribution >= 0.6 is 0 Å². The fraction of sp³-hybridized carbons (Fsp3) is 0.125. The lowest BCUT2D eigenvalue weighted by atomic mass is 10.2. The monoisotopic (exact) mass is 282 g/mol. The highest BCUT2D eigenvalue weighted by atomic mass is 16.5. The van der Waals surface area contributed by atoms with Crippen molar-refractivity contribution in [1.29, 1.82) is 0 Å². The van der Waals surface area contributed by atoms with Gasteiger partial charge in [-0.25, -0.2) is 14.3 Å². The Kier molecular flexibility index (Phi) is 3.55. The van der Waals surface area contributed by atoms with Gasteiger partial charge in [-0.1, -0.05) is 24.3 Å². The van der Waals surface area contributed by atoms with Crippen molar-refractivity contribution in [1.82, 2.24) is 9.55 Å². The van der Waals surface area contributed by atoms with Gasteiger partial charge in [-0.3, -0.25) is 0 Å². The second-order valence-corrected chi connectivity index (χ2v) is 4.51. The highest BCUT2D eigenvalue weighted by Gasteiger charge is 2.10. The lowest BCUT2D eigenvalue weighted by Crippen LogP contribution is -2.12. The summed E-state index contributed by atoms with van der Waals surface area (Å²) < 4.78 is 11.8. The largest absolute Gasteiger partial charge is 0.497 e. The van der Waals surface area contributed by atoms with E-state index in [4.69, 9.17) is 9.47 Å². The summed E-state index contributed by atoms with van der Waals surface area (Å²) in [5, 5.41) is 0. The van der Waals surface area contributed by atoms with E-state index in [9.17, 15) is 4.79 Å². The molecule has 5 heteroatoms. The van der Waals surface area contributed by atoms with E-state index >= 15 is 0 Å². The van der Waals surface area contributed by atoms with Gasteiger partial charge in [0.25, 0.3) is 0 Å². The first-order chi connectivity index (χ1) is 10.3. The number of hydrogen-bond acceptors (Lipinski definition) is 4. The standard InChI is InChI=1S/C16H14N2O3/c1-20-13-8-6-12(7-9-13)10-21-16(19)18-11-17-14-4-2-3-5-15(14)18/h2-9,11H,10H2,1H3. The van der Waals surface area contributed by atoms with E-state index in [1.807, 2.05) is 48.5 Å². The molecule has 0 amide bonds. The first-order valence-electron chi connectivity index (χ1n) is 6.50. The molecule has 5 nitrogen and oxygen atoms in total. The SMILES string of the molecule is COc1ccc(COC(=O)n2cnc3ccccc32)cc1. The summed E-state index contributed by atoms with van der Waals surface area (Å²) in [7, 11) is 1.61. The van der Waals surface area contributed by atoms with E-state index in [2.05, 4.69) is 4.98 Å². The number of hydrogen-bond donors (Lipinski definition) is 0. The molecule has 0 aliphatic carbocycles. The first-order valence-corrected chi connectivity index (χ1v) is 6.50. The molecule has 2 aromatic carbocycles. The molecule has 0 bridgehead atoms. The summed E-state index contributed by atoms with van der Waals surface area (Å²) in [4.78, 5) is 16.3. The number of methoxy groups -OCH3 is 1. The average molecular weight is 282 g/mol. The van der Waals surface area contributed by atoms with Crippen LogP contribution in [0.1, 0.15) is 5.56 Å². The van der Waals surface area contributed by atoms with Gasteiger partial charge in [0.1, 0.15) is 18.7 Å². The highest BCUT2D eigenvalue weighted by molar-refractivity contribution is 5.86. The number of imidazole rings is 1. The third-order valence-corrected chi connectivity index (χ3v) is 3.17. The Hall–Kier alpha value is -2.82. The molecule has 21 heavy (non-hydrogen) atoms. The van der Waals surface area contributed by atoms with Crippen molar-refractivity contribution < 1.29 is 14.3 Å². The zero-order valence-electron chi connectivity index (χ0n) is 11.5. The van der Waals surface area contributed by atoms with Crippen molar-refractivity contribution in [3.63, 3.8) is 0 Å². The quantitative estimate of drug-likeness (QED) is 0.740. The average Bonchev–Trinajstić information content (AvgIpc) is 2.97. The Morgan fingerprint density at radius 3 is 2.67 bits per heavy atom. The number of carbonyl (C=O) groups excluding carboxylic acids is 1. The van der Waals surface area contributed by atoms with Crippen molar-refractivity contribution in [3.8, 4) is 5.75 Å². The third-order valence-electron chi connectivity index (χ3n) is 3.17. The van der Waals surface area contributed by atoms with Crippen LogP contribution in [0.25, 0.3) is 11.0 Å². The number of fused-ring (bicyclic) bond motifs is 1. The van der Waals surface area contributed by atoms with Gasteiger partial charge < -0.3 is 9.47 Å². The number of rotatable bonds is 3. The molecule has 1 heterocycles. The van der Waals surface area contributed by atoms with Gasteiger partial charge in [-0.2, -0.15) is 0 Å². The van der Waals surface area contributed by atoms with E-state index in [1.54, 1.807) is 7.11 Å². The van der Waals surface area contributed by atoms with Crippen molar-refractivity contribution in [2.24, 2.45) is 0 Å². The van der Waals surface area contributed by atoms with E-state index < -0.39 is 6.09 Å². The fourth-order valence-corrected chi connectivity index (χ4v) is 2.04. The van der Waals surface area contributed by atoms with Crippen molar-refractivity contribution in [2.45, 2.75) is 6.61 Å². The number of para-hydroxylation sites is 2. The molecule has 0 aliphatic rings. The van der Waals surface area contributed by atoms with Crippen LogP contribution in [0.15, 0.2) is 54.9 Å². The van der Waals surface area contributed by atoms with Crippen LogP contribution in [0.4, 0.5) is 4.79 Å². The van der Waals surface area contributed by atoms with Gasteiger partial charge in [0, 0.05) is 0 Å². The maximum atomic E-state index is 12.1. The Labute approximate surface area is 121 Å². The highest BCUT2D eigenvalue weighted by Crippen LogP contribution is 2.14. The second kappa shape index (κ2) is 5.66. The summed E-state index contributed by atoms with van der Waals surface area (Å²) in [6.07, 6.45) is 1.03. The topological polar surface area (TPSA) is 53.4 Å². The van der Waals surface area contributed by atoms with Crippen LogP contribution in [0.3, 0.4) is 0 Å². The predicted molar refractivity (Wildman–Crippen MR) is 78.3 cm³/mol. The first kappa shape index (κ1) is 13.2. The van der Waals surface area contributed by atoms with Crippen molar-refractivity contribution in [2.75, 3.05) is 7.11 Å². The van der Waals surface area contributed by atoms with Crippen LogP contribution in [0.2, 0.25) is 0 Å².